The molecule has 0 heterocycles. The number of fused-ring (bicyclic) bond motifs is 2. The van der Waals surface area contributed by atoms with E-state index in [1.807, 2.05) is 0 Å². The summed E-state index contributed by atoms with van der Waals surface area (Å²) in [4.78, 5) is 0. The standard InChI is InChI=1S/C44H32P2.2ClH.Ru/c1-5-19-35(20-6-1)45(36-21-7-2-8-22-36)41-31-29-33-17-13-15-27-39(33)43(41)44-40-28-16-14-18-34(40)30-32-42(44)46(37-23-9-3-10-24-37)38-25-11-4-12-26-38;;;/h1-32H;2*1H;. The second-order valence-electron chi connectivity index (χ2n) is 11.4. The van der Waals surface area contributed by atoms with Gasteiger partial charge < -0.3 is 0 Å². The van der Waals surface area contributed by atoms with Crippen molar-refractivity contribution < 1.29 is 19.5 Å². The van der Waals surface area contributed by atoms with Crippen molar-refractivity contribution in [2.24, 2.45) is 0 Å². The van der Waals surface area contributed by atoms with Crippen LogP contribution < -0.4 is 31.8 Å². The van der Waals surface area contributed by atoms with E-state index in [1.54, 1.807) is 0 Å². The van der Waals surface area contributed by atoms with Gasteiger partial charge in [-0.1, -0.05) is 194 Å². The second-order valence-corrected chi connectivity index (χ2v) is 15.7. The maximum Gasteiger partial charge on any atom is 0 e. The average Bonchev–Trinajstić information content (AvgIpc) is 3.14. The van der Waals surface area contributed by atoms with E-state index in [2.05, 4.69) is 194 Å². The third kappa shape index (κ3) is 7.30. The first kappa shape index (κ1) is 36.6. The molecule has 0 unspecified atom stereocenters. The molecule has 0 aliphatic rings. The van der Waals surface area contributed by atoms with Crippen LogP contribution in [0.15, 0.2) is 194 Å². The van der Waals surface area contributed by atoms with Gasteiger partial charge in [-0.3, -0.25) is 0 Å². The molecule has 0 radical (unpaired) electrons. The van der Waals surface area contributed by atoms with Crippen molar-refractivity contribution in [1.29, 1.82) is 0 Å². The van der Waals surface area contributed by atoms with E-state index in [1.165, 1.54) is 64.5 Å². The van der Waals surface area contributed by atoms with Crippen LogP contribution in [0.2, 0.25) is 0 Å². The first-order valence-corrected chi connectivity index (χ1v) is 18.4. The predicted octanol–water partition coefficient (Wildman–Crippen LogP) is 10.0. The van der Waals surface area contributed by atoms with Crippen molar-refractivity contribution in [3.8, 4) is 11.1 Å². The average molecular weight is 797 g/mol. The van der Waals surface area contributed by atoms with Gasteiger partial charge in [-0.2, -0.15) is 0 Å². The van der Waals surface area contributed by atoms with Gasteiger partial charge in [0.1, 0.15) is 0 Å². The van der Waals surface area contributed by atoms with Crippen molar-refractivity contribution in [3.05, 3.63) is 194 Å². The minimum Gasteiger partial charge on any atom is -0.147 e. The largest absolute Gasteiger partial charge is 0.147 e. The summed E-state index contributed by atoms with van der Waals surface area (Å²) in [6.45, 7) is 0. The van der Waals surface area contributed by atoms with Gasteiger partial charge in [0.25, 0.3) is 0 Å². The molecule has 8 aromatic rings. The molecule has 0 spiro atoms. The van der Waals surface area contributed by atoms with Crippen LogP contribution in [0.3, 0.4) is 0 Å². The van der Waals surface area contributed by atoms with Crippen LogP contribution in [0.5, 0.6) is 0 Å². The first-order valence-electron chi connectivity index (χ1n) is 15.7. The van der Waals surface area contributed by atoms with Crippen molar-refractivity contribution in [1.82, 2.24) is 0 Å². The molecule has 0 N–H and O–H groups in total. The Bertz CT molecular complexity index is 2020. The maximum absolute atomic E-state index is 2.42. The SMILES string of the molecule is Cl.Cl.[Ru].c1ccc(P(c2ccccc2)c2ccc3ccccc3c2-c2c(P(c3ccccc3)c3ccccc3)ccc3ccccc23)cc1. The van der Waals surface area contributed by atoms with Gasteiger partial charge in [-0.05, 0) is 80.3 Å². The van der Waals surface area contributed by atoms with Gasteiger partial charge in [0.05, 0.1) is 0 Å². The third-order valence-corrected chi connectivity index (χ3v) is 13.6. The molecule has 0 aliphatic heterocycles. The predicted molar refractivity (Wildman–Crippen MR) is 219 cm³/mol. The molecule has 5 heteroatoms. The Hall–Kier alpha value is -3.66. The van der Waals surface area contributed by atoms with Crippen LogP contribution in [0.1, 0.15) is 0 Å². The van der Waals surface area contributed by atoms with E-state index < -0.39 is 15.8 Å². The molecule has 0 atom stereocenters. The van der Waals surface area contributed by atoms with Crippen LogP contribution in [0, 0.1) is 0 Å². The zero-order valence-electron chi connectivity index (χ0n) is 26.5. The fraction of sp³-hybridized carbons (Fsp3) is 0. The Morgan fingerprint density at radius 2 is 0.531 bits per heavy atom. The van der Waals surface area contributed by atoms with Gasteiger partial charge in [0.15, 0.2) is 0 Å². The van der Waals surface area contributed by atoms with E-state index in [-0.39, 0.29) is 44.3 Å². The van der Waals surface area contributed by atoms with E-state index in [4.69, 9.17) is 0 Å². The van der Waals surface area contributed by atoms with Crippen molar-refractivity contribution in [2.75, 3.05) is 0 Å². The molecule has 0 bridgehead atoms. The summed E-state index contributed by atoms with van der Waals surface area (Å²) in [6.07, 6.45) is 0. The number of benzene rings is 8. The second kappa shape index (κ2) is 16.8. The molecule has 0 fully saturated rings. The normalized spacial score (nSPS) is 10.7. The van der Waals surface area contributed by atoms with E-state index in [0.717, 1.165) is 0 Å². The van der Waals surface area contributed by atoms with Crippen LogP contribution in [0.25, 0.3) is 32.7 Å². The summed E-state index contributed by atoms with van der Waals surface area (Å²) in [5, 5.41) is 13.3. The number of halogens is 2. The maximum atomic E-state index is 2.42. The molecule has 0 saturated carbocycles. The van der Waals surface area contributed by atoms with Gasteiger partial charge in [0, 0.05) is 19.5 Å². The van der Waals surface area contributed by atoms with Gasteiger partial charge in [-0.25, -0.2) is 0 Å². The van der Waals surface area contributed by atoms with Crippen molar-refractivity contribution in [2.45, 2.75) is 0 Å². The molecular weight excluding hydrogens is 762 g/mol. The molecule has 49 heavy (non-hydrogen) atoms. The van der Waals surface area contributed by atoms with Gasteiger partial charge in [-0.15, -0.1) is 24.8 Å². The molecule has 0 amide bonds. The van der Waals surface area contributed by atoms with Crippen LogP contribution >= 0.6 is 40.7 Å². The summed E-state index contributed by atoms with van der Waals surface area (Å²) in [6, 6.07) is 71.8. The Labute approximate surface area is 316 Å². The first-order chi connectivity index (χ1) is 22.9. The van der Waals surface area contributed by atoms with Crippen LogP contribution in [-0.2, 0) is 19.5 Å². The minimum atomic E-state index is -0.852. The monoisotopic (exact) mass is 796 g/mol. The molecule has 0 aliphatic carbocycles. The number of rotatable bonds is 7. The van der Waals surface area contributed by atoms with Crippen molar-refractivity contribution in [3.63, 3.8) is 0 Å². The molecular formula is C44H34Cl2P2Ru. The summed E-state index contributed by atoms with van der Waals surface area (Å²) in [5.74, 6) is 0. The van der Waals surface area contributed by atoms with E-state index >= 15 is 0 Å². The Morgan fingerprint density at radius 1 is 0.265 bits per heavy atom. The zero-order valence-corrected chi connectivity index (χ0v) is 31.7. The van der Waals surface area contributed by atoms with Crippen LogP contribution in [-0.4, -0.2) is 0 Å². The van der Waals surface area contributed by atoms with Gasteiger partial charge >= 0.3 is 0 Å². The Balaban J connectivity index is 0.00000156. The topological polar surface area (TPSA) is 0 Å². The fourth-order valence-electron chi connectivity index (χ4n) is 6.58. The molecule has 8 rings (SSSR count). The quantitative estimate of drug-likeness (QED) is 0.111. The number of hydrogen-bond donors (Lipinski definition) is 0. The minimum absolute atomic E-state index is 0. The van der Waals surface area contributed by atoms with Crippen LogP contribution in [0.4, 0.5) is 0 Å². The summed E-state index contributed by atoms with van der Waals surface area (Å²) >= 11 is 0. The molecule has 0 aromatic heterocycles. The summed E-state index contributed by atoms with van der Waals surface area (Å²) in [5.41, 5.74) is 2.70. The van der Waals surface area contributed by atoms with Crippen molar-refractivity contribution >= 4 is 94.0 Å². The molecule has 0 nitrogen and oxygen atoms in total. The Morgan fingerprint density at radius 3 is 0.837 bits per heavy atom. The molecule has 242 valence electrons. The van der Waals surface area contributed by atoms with E-state index in [9.17, 15) is 0 Å². The molecule has 0 saturated heterocycles. The molecule has 8 aromatic carbocycles. The number of hydrogen-bond acceptors (Lipinski definition) is 0. The summed E-state index contributed by atoms with van der Waals surface area (Å²) in [7, 11) is -1.70. The zero-order chi connectivity index (χ0) is 30.7. The third-order valence-electron chi connectivity index (χ3n) is 8.60. The van der Waals surface area contributed by atoms with Gasteiger partial charge in [0.2, 0.25) is 0 Å². The fourth-order valence-corrected chi connectivity index (χ4v) is 11.5. The Kier molecular flexibility index (Phi) is 12.6. The van der Waals surface area contributed by atoms with E-state index in [0.29, 0.717) is 0 Å². The smallest absolute Gasteiger partial charge is 0 e. The summed E-state index contributed by atoms with van der Waals surface area (Å²) < 4.78 is 0.